The van der Waals surface area contributed by atoms with Gasteiger partial charge in [0.05, 0.1) is 11.6 Å². The number of anilines is 1. The molecule has 2 aromatic rings. The zero-order valence-corrected chi connectivity index (χ0v) is 12.0. The van der Waals surface area contributed by atoms with Gasteiger partial charge < -0.3 is 5.32 Å². The van der Waals surface area contributed by atoms with E-state index in [2.05, 4.69) is 5.32 Å². The van der Waals surface area contributed by atoms with Crippen LogP contribution < -0.4 is 5.32 Å². The number of hydrogen-bond donors (Lipinski definition) is 1. The van der Waals surface area contributed by atoms with Crippen molar-refractivity contribution >= 4 is 5.69 Å². The molecule has 2 aromatic carbocycles. The van der Waals surface area contributed by atoms with Crippen molar-refractivity contribution in [2.45, 2.75) is 32.5 Å². The zero-order valence-electron chi connectivity index (χ0n) is 12.0. The van der Waals surface area contributed by atoms with Crippen molar-refractivity contribution in [1.82, 2.24) is 0 Å². The molecule has 4 heteroatoms. The van der Waals surface area contributed by atoms with Gasteiger partial charge in [-0.25, -0.2) is 0 Å². The van der Waals surface area contributed by atoms with Gasteiger partial charge in [-0.3, -0.25) is 0 Å². The topological polar surface area (TPSA) is 12.0 Å². The standard InChI is InChI=1S/C17H18F3N/c1-3-16(13-9-7-12(2)8-10-13)21-15-6-4-5-14(11-15)17(18,19)20/h4-11,16,21H,3H2,1-2H3. The van der Waals surface area contributed by atoms with E-state index < -0.39 is 11.7 Å². The number of rotatable bonds is 4. The summed E-state index contributed by atoms with van der Waals surface area (Å²) in [5.74, 6) is 0. The van der Waals surface area contributed by atoms with Gasteiger partial charge in [-0.1, -0.05) is 42.8 Å². The van der Waals surface area contributed by atoms with Crippen LogP contribution >= 0.6 is 0 Å². The number of aryl methyl sites for hydroxylation is 1. The third-order valence-electron chi connectivity index (χ3n) is 3.42. The summed E-state index contributed by atoms with van der Waals surface area (Å²) in [5.41, 5.74) is 2.08. The van der Waals surface area contributed by atoms with Gasteiger partial charge in [0.1, 0.15) is 0 Å². The van der Waals surface area contributed by atoms with Gasteiger partial charge in [0.15, 0.2) is 0 Å². The van der Waals surface area contributed by atoms with Crippen LogP contribution in [0, 0.1) is 6.92 Å². The van der Waals surface area contributed by atoms with E-state index in [4.69, 9.17) is 0 Å². The van der Waals surface area contributed by atoms with Gasteiger partial charge in [0.25, 0.3) is 0 Å². The van der Waals surface area contributed by atoms with Crippen LogP contribution in [0.2, 0.25) is 0 Å². The lowest BCUT2D eigenvalue weighted by atomic mass is 10.0. The molecule has 0 saturated carbocycles. The van der Waals surface area contributed by atoms with Crippen molar-refractivity contribution in [2.75, 3.05) is 5.32 Å². The molecule has 0 aliphatic heterocycles. The van der Waals surface area contributed by atoms with Crippen LogP contribution in [0.5, 0.6) is 0 Å². The molecule has 1 unspecified atom stereocenters. The second-order valence-corrected chi connectivity index (χ2v) is 5.09. The molecule has 112 valence electrons. The second-order valence-electron chi connectivity index (χ2n) is 5.09. The van der Waals surface area contributed by atoms with E-state index in [9.17, 15) is 13.2 Å². The Morgan fingerprint density at radius 2 is 1.71 bits per heavy atom. The number of nitrogens with one attached hydrogen (secondary N) is 1. The van der Waals surface area contributed by atoms with Gasteiger partial charge in [0, 0.05) is 5.69 Å². The van der Waals surface area contributed by atoms with Crippen LogP contribution in [0.1, 0.15) is 36.1 Å². The normalized spacial score (nSPS) is 13.0. The molecule has 1 N–H and O–H groups in total. The van der Waals surface area contributed by atoms with Crippen LogP contribution in [0.15, 0.2) is 48.5 Å². The molecule has 0 bridgehead atoms. The molecule has 0 aliphatic rings. The maximum atomic E-state index is 12.7. The number of benzene rings is 2. The average Bonchev–Trinajstić information content (AvgIpc) is 2.45. The van der Waals surface area contributed by atoms with Crippen molar-refractivity contribution < 1.29 is 13.2 Å². The van der Waals surface area contributed by atoms with Crippen LogP contribution in [-0.2, 0) is 6.18 Å². The Labute approximate surface area is 122 Å². The number of hydrogen-bond acceptors (Lipinski definition) is 1. The predicted octanol–water partition coefficient (Wildman–Crippen LogP) is 5.58. The third-order valence-corrected chi connectivity index (χ3v) is 3.42. The first-order valence-electron chi connectivity index (χ1n) is 6.90. The summed E-state index contributed by atoms with van der Waals surface area (Å²) < 4.78 is 38.2. The van der Waals surface area contributed by atoms with E-state index in [-0.39, 0.29) is 6.04 Å². The molecule has 0 aliphatic carbocycles. The van der Waals surface area contributed by atoms with Crippen LogP contribution in [0.3, 0.4) is 0 Å². The molecule has 2 rings (SSSR count). The van der Waals surface area contributed by atoms with E-state index in [0.717, 1.165) is 29.7 Å². The van der Waals surface area contributed by atoms with E-state index in [0.29, 0.717) is 5.69 Å². The highest BCUT2D eigenvalue weighted by atomic mass is 19.4. The SMILES string of the molecule is CCC(Nc1cccc(C(F)(F)F)c1)c1ccc(C)cc1. The zero-order chi connectivity index (χ0) is 15.5. The molecule has 1 nitrogen and oxygen atoms in total. The first-order chi connectivity index (χ1) is 9.90. The van der Waals surface area contributed by atoms with Crippen molar-refractivity contribution in [3.8, 4) is 0 Å². The minimum absolute atomic E-state index is 0.00548. The molecule has 0 saturated heterocycles. The Hall–Kier alpha value is -1.97. The summed E-state index contributed by atoms with van der Waals surface area (Å²) in [6.45, 7) is 4.01. The van der Waals surface area contributed by atoms with E-state index >= 15 is 0 Å². The highest BCUT2D eigenvalue weighted by Gasteiger charge is 2.30. The summed E-state index contributed by atoms with van der Waals surface area (Å²) in [7, 11) is 0. The Balaban J connectivity index is 2.21. The van der Waals surface area contributed by atoms with Crippen molar-refractivity contribution in [1.29, 1.82) is 0 Å². The molecule has 0 heterocycles. The molecular formula is C17H18F3N. The largest absolute Gasteiger partial charge is 0.416 e. The van der Waals surface area contributed by atoms with Gasteiger partial charge in [0.2, 0.25) is 0 Å². The second kappa shape index (κ2) is 6.20. The summed E-state index contributed by atoms with van der Waals surface area (Å²) in [6.07, 6.45) is -3.53. The molecule has 0 radical (unpaired) electrons. The lowest BCUT2D eigenvalue weighted by Gasteiger charge is -2.20. The lowest BCUT2D eigenvalue weighted by molar-refractivity contribution is -0.137. The minimum atomic E-state index is -4.32. The van der Waals surface area contributed by atoms with Crippen molar-refractivity contribution in [3.63, 3.8) is 0 Å². The molecule has 0 spiro atoms. The first-order valence-corrected chi connectivity index (χ1v) is 6.90. The molecule has 0 aromatic heterocycles. The summed E-state index contributed by atoms with van der Waals surface area (Å²) in [4.78, 5) is 0. The fraction of sp³-hybridized carbons (Fsp3) is 0.294. The van der Waals surface area contributed by atoms with Crippen LogP contribution in [-0.4, -0.2) is 0 Å². The Bertz CT molecular complexity index is 588. The van der Waals surface area contributed by atoms with Gasteiger partial charge in [-0.05, 0) is 37.1 Å². The summed E-state index contributed by atoms with van der Waals surface area (Å²) in [5, 5.41) is 3.18. The maximum Gasteiger partial charge on any atom is 0.416 e. The number of alkyl halides is 3. The fourth-order valence-electron chi connectivity index (χ4n) is 2.21. The van der Waals surface area contributed by atoms with E-state index in [1.54, 1.807) is 6.07 Å². The first kappa shape index (κ1) is 15.4. The summed E-state index contributed by atoms with van der Waals surface area (Å²) in [6, 6.07) is 13.3. The quantitative estimate of drug-likeness (QED) is 0.776. The van der Waals surface area contributed by atoms with Crippen LogP contribution in [0.4, 0.5) is 18.9 Å². The highest BCUT2D eigenvalue weighted by molar-refractivity contribution is 5.48. The Morgan fingerprint density at radius 1 is 1.05 bits per heavy atom. The fourth-order valence-corrected chi connectivity index (χ4v) is 2.21. The van der Waals surface area contributed by atoms with Gasteiger partial charge in [-0.15, -0.1) is 0 Å². The Morgan fingerprint density at radius 3 is 2.29 bits per heavy atom. The van der Waals surface area contributed by atoms with Gasteiger partial charge >= 0.3 is 6.18 Å². The third kappa shape index (κ3) is 4.00. The predicted molar refractivity (Wildman–Crippen MR) is 79.3 cm³/mol. The maximum absolute atomic E-state index is 12.7. The molecular weight excluding hydrogens is 275 g/mol. The summed E-state index contributed by atoms with van der Waals surface area (Å²) >= 11 is 0. The van der Waals surface area contributed by atoms with E-state index in [1.165, 1.54) is 6.07 Å². The van der Waals surface area contributed by atoms with Crippen molar-refractivity contribution in [2.24, 2.45) is 0 Å². The minimum Gasteiger partial charge on any atom is -0.378 e. The van der Waals surface area contributed by atoms with Crippen molar-refractivity contribution in [3.05, 3.63) is 65.2 Å². The molecule has 21 heavy (non-hydrogen) atoms. The lowest BCUT2D eigenvalue weighted by Crippen LogP contribution is -2.11. The smallest absolute Gasteiger partial charge is 0.378 e. The molecule has 1 atom stereocenters. The van der Waals surface area contributed by atoms with Gasteiger partial charge in [-0.2, -0.15) is 13.2 Å². The average molecular weight is 293 g/mol. The molecule has 0 fully saturated rings. The highest BCUT2D eigenvalue weighted by Crippen LogP contribution is 2.32. The molecule has 0 amide bonds. The Kier molecular flexibility index (Phi) is 4.56. The van der Waals surface area contributed by atoms with E-state index in [1.807, 2.05) is 38.1 Å². The number of halogens is 3. The monoisotopic (exact) mass is 293 g/mol. The van der Waals surface area contributed by atoms with Crippen LogP contribution in [0.25, 0.3) is 0 Å².